The van der Waals surface area contributed by atoms with Gasteiger partial charge in [0.05, 0.1) is 4.92 Å². The fourth-order valence-electron chi connectivity index (χ4n) is 3.03. The number of hydrogen-bond donors (Lipinski definition) is 1. The molecule has 2 aliphatic carbocycles. The van der Waals surface area contributed by atoms with Crippen LogP contribution in [0.5, 0.6) is 0 Å². The Morgan fingerprint density at radius 3 is 2.74 bits per heavy atom. The van der Waals surface area contributed by atoms with Crippen molar-refractivity contribution in [2.24, 2.45) is 5.92 Å². The van der Waals surface area contributed by atoms with E-state index in [9.17, 15) is 14.9 Å². The summed E-state index contributed by atoms with van der Waals surface area (Å²) in [6.45, 7) is 0. The standard InChI is InChI=1S/C17H18N2O4/c20-17(18-14-6-8-15(9-7-14)19(21)22)23-16-10-5-12-3-1-2-4-13(12)11-16/h2,4,6-9,11-12,16H,1,3,5,10H2,(H,18,20)/t12-,16-/m1/s1. The smallest absolute Gasteiger partial charge is 0.412 e. The molecule has 1 aromatic rings. The van der Waals surface area contributed by atoms with Crippen LogP contribution in [0.1, 0.15) is 25.7 Å². The van der Waals surface area contributed by atoms with Gasteiger partial charge in [0.2, 0.25) is 0 Å². The maximum absolute atomic E-state index is 11.9. The summed E-state index contributed by atoms with van der Waals surface area (Å²) >= 11 is 0. The van der Waals surface area contributed by atoms with Gasteiger partial charge in [0.1, 0.15) is 6.10 Å². The molecule has 0 spiro atoms. The fraction of sp³-hybridized carbons (Fsp3) is 0.353. The molecule has 3 rings (SSSR count). The van der Waals surface area contributed by atoms with Gasteiger partial charge in [-0.15, -0.1) is 0 Å². The van der Waals surface area contributed by atoms with E-state index < -0.39 is 11.0 Å². The number of amides is 1. The average Bonchev–Trinajstić information content (AvgIpc) is 2.55. The van der Waals surface area contributed by atoms with Gasteiger partial charge in [0.15, 0.2) is 0 Å². The molecule has 0 bridgehead atoms. The summed E-state index contributed by atoms with van der Waals surface area (Å²) < 4.78 is 5.43. The maximum atomic E-state index is 11.9. The number of carbonyl (C=O) groups excluding carboxylic acids is 1. The van der Waals surface area contributed by atoms with E-state index in [-0.39, 0.29) is 11.8 Å². The van der Waals surface area contributed by atoms with Gasteiger partial charge in [-0.1, -0.05) is 12.2 Å². The van der Waals surface area contributed by atoms with Crippen molar-refractivity contribution in [3.05, 3.63) is 58.2 Å². The first kappa shape index (κ1) is 15.3. The lowest BCUT2D eigenvalue weighted by Gasteiger charge is -2.29. The molecule has 1 aromatic carbocycles. The summed E-state index contributed by atoms with van der Waals surface area (Å²) in [5, 5.41) is 13.2. The maximum Gasteiger partial charge on any atom is 0.412 e. The molecule has 6 heteroatoms. The lowest BCUT2D eigenvalue weighted by molar-refractivity contribution is -0.384. The van der Waals surface area contributed by atoms with Crippen molar-refractivity contribution in [1.82, 2.24) is 0 Å². The minimum Gasteiger partial charge on any atom is -0.442 e. The van der Waals surface area contributed by atoms with Gasteiger partial charge in [0, 0.05) is 17.8 Å². The van der Waals surface area contributed by atoms with Crippen LogP contribution in [0, 0.1) is 16.0 Å². The normalized spacial score (nSPS) is 22.7. The first-order valence-electron chi connectivity index (χ1n) is 7.72. The molecule has 1 amide bonds. The molecule has 0 saturated carbocycles. The summed E-state index contributed by atoms with van der Waals surface area (Å²) in [7, 11) is 0. The topological polar surface area (TPSA) is 81.5 Å². The number of fused-ring (bicyclic) bond motifs is 1. The number of carbonyl (C=O) groups is 1. The molecule has 23 heavy (non-hydrogen) atoms. The second kappa shape index (κ2) is 6.64. The molecule has 2 atom stereocenters. The van der Waals surface area contributed by atoms with E-state index in [0.29, 0.717) is 11.6 Å². The molecule has 0 saturated heterocycles. The second-order valence-corrected chi connectivity index (χ2v) is 5.79. The molecule has 0 fully saturated rings. The van der Waals surface area contributed by atoms with E-state index in [2.05, 4.69) is 17.5 Å². The predicted molar refractivity (Wildman–Crippen MR) is 86.2 cm³/mol. The van der Waals surface area contributed by atoms with Crippen LogP contribution in [0.2, 0.25) is 0 Å². The van der Waals surface area contributed by atoms with Gasteiger partial charge < -0.3 is 4.74 Å². The Balaban J connectivity index is 1.58. The summed E-state index contributed by atoms with van der Waals surface area (Å²) in [5.41, 5.74) is 1.71. The van der Waals surface area contributed by atoms with Crippen molar-refractivity contribution in [2.75, 3.05) is 5.32 Å². The third-order valence-corrected chi connectivity index (χ3v) is 4.22. The van der Waals surface area contributed by atoms with E-state index in [1.807, 2.05) is 6.08 Å². The van der Waals surface area contributed by atoms with Crippen molar-refractivity contribution in [1.29, 1.82) is 0 Å². The van der Waals surface area contributed by atoms with E-state index >= 15 is 0 Å². The Labute approximate surface area is 134 Å². The third kappa shape index (κ3) is 3.77. The summed E-state index contributed by atoms with van der Waals surface area (Å²) in [5.74, 6) is 0.595. The van der Waals surface area contributed by atoms with Crippen molar-refractivity contribution >= 4 is 17.5 Å². The van der Waals surface area contributed by atoms with Gasteiger partial charge in [-0.2, -0.15) is 0 Å². The largest absolute Gasteiger partial charge is 0.442 e. The van der Waals surface area contributed by atoms with Crippen molar-refractivity contribution < 1.29 is 14.5 Å². The predicted octanol–water partition coefficient (Wildman–Crippen LogP) is 4.20. The number of hydrogen-bond acceptors (Lipinski definition) is 4. The highest BCUT2D eigenvalue weighted by Crippen LogP contribution is 2.33. The minimum atomic E-state index is -0.543. The molecule has 0 aromatic heterocycles. The Morgan fingerprint density at radius 1 is 1.22 bits per heavy atom. The van der Waals surface area contributed by atoms with E-state index in [1.54, 1.807) is 0 Å². The van der Waals surface area contributed by atoms with Gasteiger partial charge >= 0.3 is 6.09 Å². The number of non-ortho nitro benzene ring substituents is 1. The van der Waals surface area contributed by atoms with Crippen LogP contribution < -0.4 is 5.32 Å². The molecule has 2 aliphatic rings. The van der Waals surface area contributed by atoms with Crippen LogP contribution in [0.15, 0.2) is 48.1 Å². The minimum absolute atomic E-state index is 0.0175. The Morgan fingerprint density at radius 2 is 2.00 bits per heavy atom. The number of rotatable bonds is 3. The number of allylic oxidation sites excluding steroid dienone is 3. The molecule has 0 aliphatic heterocycles. The van der Waals surface area contributed by atoms with Crippen LogP contribution in [0.4, 0.5) is 16.2 Å². The molecule has 0 heterocycles. The average molecular weight is 314 g/mol. The van der Waals surface area contributed by atoms with E-state index in [0.717, 1.165) is 19.3 Å². The summed E-state index contributed by atoms with van der Waals surface area (Å²) in [4.78, 5) is 22.1. The van der Waals surface area contributed by atoms with E-state index in [4.69, 9.17) is 4.74 Å². The first-order valence-corrected chi connectivity index (χ1v) is 7.72. The third-order valence-electron chi connectivity index (χ3n) is 4.22. The number of nitro groups is 1. The highest BCUT2D eigenvalue weighted by molar-refractivity contribution is 5.84. The number of ether oxygens (including phenoxy) is 1. The van der Waals surface area contributed by atoms with Crippen LogP contribution in [0.3, 0.4) is 0 Å². The molecule has 1 N–H and O–H groups in total. The van der Waals surface area contributed by atoms with Gasteiger partial charge in [-0.25, -0.2) is 4.79 Å². The zero-order valence-corrected chi connectivity index (χ0v) is 12.6. The van der Waals surface area contributed by atoms with Crippen LogP contribution >= 0.6 is 0 Å². The van der Waals surface area contributed by atoms with Crippen LogP contribution in [0.25, 0.3) is 0 Å². The monoisotopic (exact) mass is 314 g/mol. The molecular weight excluding hydrogens is 296 g/mol. The van der Waals surface area contributed by atoms with Crippen molar-refractivity contribution in [3.63, 3.8) is 0 Å². The fourth-order valence-corrected chi connectivity index (χ4v) is 3.03. The number of nitro benzene ring substituents is 1. The molecule has 0 radical (unpaired) electrons. The number of nitrogens with one attached hydrogen (secondary N) is 1. The summed E-state index contributed by atoms with van der Waals surface area (Å²) in [6.07, 6.45) is 9.69. The zero-order chi connectivity index (χ0) is 16.2. The van der Waals surface area contributed by atoms with E-state index in [1.165, 1.54) is 36.3 Å². The van der Waals surface area contributed by atoms with Gasteiger partial charge in [0.25, 0.3) is 5.69 Å². The summed E-state index contributed by atoms with van der Waals surface area (Å²) in [6, 6.07) is 5.66. The highest BCUT2D eigenvalue weighted by Gasteiger charge is 2.25. The highest BCUT2D eigenvalue weighted by atomic mass is 16.6. The zero-order valence-electron chi connectivity index (χ0n) is 12.6. The molecule has 0 unspecified atom stereocenters. The lowest BCUT2D eigenvalue weighted by atomic mass is 9.80. The first-order chi connectivity index (χ1) is 11.1. The number of benzene rings is 1. The molecule has 6 nitrogen and oxygen atoms in total. The van der Waals surface area contributed by atoms with Crippen molar-refractivity contribution in [2.45, 2.75) is 31.8 Å². The molecular formula is C17H18N2O4. The quantitative estimate of drug-likeness (QED) is 0.669. The van der Waals surface area contributed by atoms with Crippen LogP contribution in [-0.2, 0) is 4.74 Å². The Kier molecular flexibility index (Phi) is 4.41. The number of anilines is 1. The molecule has 120 valence electrons. The second-order valence-electron chi connectivity index (χ2n) is 5.79. The van der Waals surface area contributed by atoms with Crippen molar-refractivity contribution in [3.8, 4) is 0 Å². The SMILES string of the molecule is O=C(Nc1ccc([N+](=O)[O-])cc1)O[C@H]1C=C2C=CCC[C@@H]2CC1. The lowest BCUT2D eigenvalue weighted by Crippen LogP contribution is -2.26. The Hall–Kier alpha value is -2.63. The number of nitrogens with zero attached hydrogens (tertiary/aromatic N) is 1. The van der Waals surface area contributed by atoms with Gasteiger partial charge in [-0.05, 0) is 55.4 Å². The Bertz CT molecular complexity index is 664. The van der Waals surface area contributed by atoms with Gasteiger partial charge in [-0.3, -0.25) is 15.4 Å². The van der Waals surface area contributed by atoms with Crippen LogP contribution in [-0.4, -0.2) is 17.1 Å².